The third-order valence-electron chi connectivity index (χ3n) is 1.81. The van der Waals surface area contributed by atoms with Crippen molar-refractivity contribution in [1.29, 1.82) is 0 Å². The number of hydrogen-bond donors (Lipinski definition) is 2. The van der Waals surface area contributed by atoms with Crippen molar-refractivity contribution >= 4 is 22.7 Å². The average Bonchev–Trinajstić information content (AvgIpc) is 2.16. The number of nitrogen functional groups attached to an aromatic ring is 1. The van der Waals surface area contributed by atoms with Crippen LogP contribution in [0.3, 0.4) is 0 Å². The molecule has 0 aromatic heterocycles. The number of carbonyl (C=O) groups is 1. The first-order valence-electron chi connectivity index (χ1n) is 4.08. The number of hydrogen-bond acceptors (Lipinski definition) is 4. The molecule has 3 N–H and O–H groups in total. The SMILES string of the molecule is COC(=O)c1ccc(CS(=O)O)cc1N. The summed E-state index contributed by atoms with van der Waals surface area (Å²) in [6.45, 7) is 0. The summed E-state index contributed by atoms with van der Waals surface area (Å²) in [5, 5.41) is 0. The summed E-state index contributed by atoms with van der Waals surface area (Å²) in [6.07, 6.45) is 0. The second kappa shape index (κ2) is 4.90. The van der Waals surface area contributed by atoms with Crippen LogP contribution in [0.1, 0.15) is 15.9 Å². The Labute approximate surface area is 89.5 Å². The molecule has 1 unspecified atom stereocenters. The predicted molar refractivity (Wildman–Crippen MR) is 56.7 cm³/mol. The van der Waals surface area contributed by atoms with Crippen LogP contribution < -0.4 is 5.73 Å². The molecule has 82 valence electrons. The zero-order valence-corrected chi connectivity index (χ0v) is 8.91. The highest BCUT2D eigenvalue weighted by Gasteiger charge is 2.10. The Bertz CT molecular complexity index is 405. The molecule has 0 aliphatic rings. The van der Waals surface area contributed by atoms with Gasteiger partial charge in [0, 0.05) is 5.69 Å². The molecule has 0 saturated carbocycles. The third kappa shape index (κ3) is 3.03. The van der Waals surface area contributed by atoms with E-state index in [-0.39, 0.29) is 17.0 Å². The van der Waals surface area contributed by atoms with E-state index in [0.717, 1.165) is 0 Å². The van der Waals surface area contributed by atoms with Gasteiger partial charge in [-0.25, -0.2) is 9.00 Å². The molecule has 0 fully saturated rings. The third-order valence-corrected chi connectivity index (χ3v) is 2.39. The Morgan fingerprint density at radius 1 is 1.60 bits per heavy atom. The zero-order chi connectivity index (χ0) is 11.4. The van der Waals surface area contributed by atoms with Crippen molar-refractivity contribution in [2.75, 3.05) is 12.8 Å². The Morgan fingerprint density at radius 2 is 2.27 bits per heavy atom. The van der Waals surface area contributed by atoms with Crippen molar-refractivity contribution in [3.05, 3.63) is 29.3 Å². The molecule has 0 radical (unpaired) electrons. The van der Waals surface area contributed by atoms with Gasteiger partial charge in [-0.3, -0.25) is 0 Å². The van der Waals surface area contributed by atoms with Crippen LogP contribution in [0.25, 0.3) is 0 Å². The van der Waals surface area contributed by atoms with E-state index in [1.807, 2.05) is 0 Å². The van der Waals surface area contributed by atoms with Gasteiger partial charge in [0.05, 0.1) is 18.4 Å². The number of anilines is 1. The molecule has 15 heavy (non-hydrogen) atoms. The molecule has 0 heterocycles. The van der Waals surface area contributed by atoms with Crippen LogP contribution in [-0.2, 0) is 21.6 Å². The Hall–Kier alpha value is -1.40. The molecule has 0 spiro atoms. The molecule has 6 heteroatoms. The lowest BCUT2D eigenvalue weighted by Crippen LogP contribution is -2.06. The average molecular weight is 229 g/mol. The number of rotatable bonds is 3. The molecule has 0 bridgehead atoms. The maximum atomic E-state index is 11.2. The monoisotopic (exact) mass is 229 g/mol. The first kappa shape index (κ1) is 11.7. The highest BCUT2D eigenvalue weighted by Crippen LogP contribution is 2.16. The van der Waals surface area contributed by atoms with E-state index in [9.17, 15) is 9.00 Å². The molecular weight excluding hydrogens is 218 g/mol. The maximum Gasteiger partial charge on any atom is 0.339 e. The molecule has 0 aliphatic carbocycles. The van der Waals surface area contributed by atoms with Crippen LogP contribution in [-0.4, -0.2) is 21.8 Å². The standard InChI is InChI=1S/C9H11NO4S/c1-14-9(11)7-3-2-6(4-8(7)10)5-15(12)13/h2-4H,5,10H2,1H3,(H,12,13). The Kier molecular flexibility index (Phi) is 3.81. The van der Waals surface area contributed by atoms with E-state index in [2.05, 4.69) is 4.74 Å². The molecule has 1 aromatic rings. The second-order valence-electron chi connectivity index (χ2n) is 2.88. The summed E-state index contributed by atoms with van der Waals surface area (Å²) >= 11 is -1.92. The number of ether oxygens (including phenoxy) is 1. The molecule has 1 rings (SSSR count). The predicted octanol–water partition coefficient (Wildman–Crippen LogP) is 0.777. The van der Waals surface area contributed by atoms with Crippen molar-refractivity contribution in [3.63, 3.8) is 0 Å². The van der Waals surface area contributed by atoms with Gasteiger partial charge in [-0.1, -0.05) is 6.07 Å². The highest BCUT2D eigenvalue weighted by atomic mass is 32.2. The fraction of sp³-hybridized carbons (Fsp3) is 0.222. The van der Waals surface area contributed by atoms with Crippen molar-refractivity contribution in [2.45, 2.75) is 5.75 Å². The van der Waals surface area contributed by atoms with E-state index < -0.39 is 17.0 Å². The topological polar surface area (TPSA) is 89.6 Å². The molecule has 1 atom stereocenters. The van der Waals surface area contributed by atoms with Crippen molar-refractivity contribution in [2.24, 2.45) is 0 Å². The smallest absolute Gasteiger partial charge is 0.339 e. The van der Waals surface area contributed by atoms with E-state index >= 15 is 0 Å². The molecule has 1 aromatic carbocycles. The second-order valence-corrected chi connectivity index (χ2v) is 3.81. The van der Waals surface area contributed by atoms with Gasteiger partial charge in [-0.2, -0.15) is 0 Å². The van der Waals surface area contributed by atoms with Crippen molar-refractivity contribution in [3.8, 4) is 0 Å². The number of carbonyl (C=O) groups excluding carboxylic acids is 1. The van der Waals surface area contributed by atoms with Crippen LogP contribution in [0.15, 0.2) is 18.2 Å². The Balaban J connectivity index is 2.97. The summed E-state index contributed by atoms with van der Waals surface area (Å²) in [6, 6.07) is 4.53. The number of benzene rings is 1. The van der Waals surface area contributed by atoms with E-state index in [1.165, 1.54) is 19.2 Å². The molecular formula is C9H11NO4S. The number of esters is 1. The van der Waals surface area contributed by atoms with E-state index in [0.29, 0.717) is 5.56 Å². The molecule has 5 nitrogen and oxygen atoms in total. The zero-order valence-electron chi connectivity index (χ0n) is 8.10. The van der Waals surface area contributed by atoms with Crippen molar-refractivity contribution < 1.29 is 18.3 Å². The minimum absolute atomic E-state index is 0.00828. The Morgan fingerprint density at radius 3 is 2.73 bits per heavy atom. The van der Waals surface area contributed by atoms with Crippen LogP contribution in [0, 0.1) is 0 Å². The van der Waals surface area contributed by atoms with Gasteiger partial charge in [0.2, 0.25) is 0 Å². The summed E-state index contributed by atoms with van der Waals surface area (Å²) < 4.78 is 23.7. The molecule has 0 amide bonds. The number of methoxy groups -OCH3 is 1. The van der Waals surface area contributed by atoms with Gasteiger partial charge in [0.1, 0.15) is 0 Å². The van der Waals surface area contributed by atoms with Crippen LogP contribution in [0.4, 0.5) is 5.69 Å². The molecule has 0 aliphatic heterocycles. The summed E-state index contributed by atoms with van der Waals surface area (Å²) in [4.78, 5) is 11.2. The van der Waals surface area contributed by atoms with Crippen LogP contribution in [0.5, 0.6) is 0 Å². The highest BCUT2D eigenvalue weighted by molar-refractivity contribution is 7.78. The van der Waals surface area contributed by atoms with E-state index in [1.54, 1.807) is 6.07 Å². The van der Waals surface area contributed by atoms with E-state index in [4.69, 9.17) is 10.3 Å². The first-order valence-corrected chi connectivity index (χ1v) is 5.36. The fourth-order valence-corrected chi connectivity index (χ4v) is 1.61. The fourth-order valence-electron chi connectivity index (χ4n) is 1.14. The van der Waals surface area contributed by atoms with Gasteiger partial charge in [0.15, 0.2) is 11.1 Å². The lowest BCUT2D eigenvalue weighted by atomic mass is 10.1. The quantitative estimate of drug-likeness (QED) is 0.454. The summed E-state index contributed by atoms with van der Waals surface area (Å²) in [5.41, 5.74) is 6.69. The van der Waals surface area contributed by atoms with Crippen molar-refractivity contribution in [1.82, 2.24) is 0 Å². The lowest BCUT2D eigenvalue weighted by Gasteiger charge is -2.05. The van der Waals surface area contributed by atoms with Gasteiger partial charge < -0.3 is 15.0 Å². The number of nitrogens with two attached hydrogens (primary N) is 1. The summed E-state index contributed by atoms with van der Waals surface area (Å²) in [5.74, 6) is -0.532. The normalized spacial score (nSPS) is 12.1. The van der Waals surface area contributed by atoms with Crippen LogP contribution in [0.2, 0.25) is 0 Å². The van der Waals surface area contributed by atoms with Gasteiger partial charge >= 0.3 is 5.97 Å². The largest absolute Gasteiger partial charge is 0.465 e. The minimum atomic E-state index is -1.92. The molecule has 0 saturated heterocycles. The first-order chi connectivity index (χ1) is 7.04. The van der Waals surface area contributed by atoms with Gasteiger partial charge in [0.25, 0.3) is 0 Å². The maximum absolute atomic E-state index is 11.2. The summed E-state index contributed by atoms with van der Waals surface area (Å²) in [7, 11) is 1.26. The lowest BCUT2D eigenvalue weighted by molar-refractivity contribution is 0.0602. The van der Waals surface area contributed by atoms with Crippen LogP contribution >= 0.6 is 0 Å². The van der Waals surface area contributed by atoms with Gasteiger partial charge in [-0.15, -0.1) is 0 Å². The minimum Gasteiger partial charge on any atom is -0.465 e. The van der Waals surface area contributed by atoms with Gasteiger partial charge in [-0.05, 0) is 17.7 Å².